The molecule has 0 saturated heterocycles. The first-order chi connectivity index (χ1) is 6.09. The lowest BCUT2D eigenvalue weighted by molar-refractivity contribution is 0.596. The van der Waals surface area contributed by atoms with Crippen LogP contribution in [0.4, 0.5) is 0 Å². The molecule has 0 aliphatic rings. The zero-order valence-corrected chi connectivity index (χ0v) is 9.44. The van der Waals surface area contributed by atoms with Crippen molar-refractivity contribution >= 4 is 23.2 Å². The van der Waals surface area contributed by atoms with Crippen LogP contribution in [0.1, 0.15) is 19.4 Å². The predicted octanol–water partition coefficient (Wildman–Crippen LogP) is 4.15. The number of hydrogen-bond donors (Lipinski definition) is 0. The molecule has 0 aliphatic heterocycles. The summed E-state index contributed by atoms with van der Waals surface area (Å²) in [6.07, 6.45) is 0.889. The molecule has 0 nitrogen and oxygen atoms in total. The number of hydrogen-bond acceptors (Lipinski definition) is 0. The highest BCUT2D eigenvalue weighted by Crippen LogP contribution is 2.18. The Morgan fingerprint density at radius 1 is 1.31 bits per heavy atom. The van der Waals surface area contributed by atoms with Gasteiger partial charge in [0, 0.05) is 10.4 Å². The van der Waals surface area contributed by atoms with Gasteiger partial charge >= 0.3 is 0 Å². The molecule has 1 atom stereocenters. The predicted molar refractivity (Wildman–Crippen MR) is 59.6 cm³/mol. The van der Waals surface area contributed by atoms with Crippen molar-refractivity contribution < 1.29 is 0 Å². The summed E-state index contributed by atoms with van der Waals surface area (Å²) in [4.78, 5) is 0. The summed E-state index contributed by atoms with van der Waals surface area (Å²) in [6.45, 7) is 4.25. The van der Waals surface area contributed by atoms with Gasteiger partial charge in [0.05, 0.1) is 0 Å². The molecule has 0 N–H and O–H groups in total. The molecule has 1 unspecified atom stereocenters. The highest BCUT2D eigenvalue weighted by molar-refractivity contribution is 6.30. The van der Waals surface area contributed by atoms with Gasteiger partial charge in [0.1, 0.15) is 0 Å². The SMILES string of the molecule is CC(C)C(Cl)Cc1cccc(Cl)c1. The monoisotopic (exact) mass is 216 g/mol. The normalized spacial score (nSPS) is 13.3. The molecule has 0 spiro atoms. The van der Waals surface area contributed by atoms with E-state index < -0.39 is 0 Å². The Labute approximate surface area is 89.9 Å². The third-order valence-electron chi connectivity index (χ3n) is 2.04. The van der Waals surface area contributed by atoms with E-state index in [0.29, 0.717) is 5.92 Å². The minimum absolute atomic E-state index is 0.193. The summed E-state index contributed by atoms with van der Waals surface area (Å²) in [5.74, 6) is 0.501. The molecule has 0 radical (unpaired) electrons. The van der Waals surface area contributed by atoms with Gasteiger partial charge in [-0.15, -0.1) is 11.6 Å². The summed E-state index contributed by atoms with van der Waals surface area (Å²) in [5.41, 5.74) is 1.21. The third kappa shape index (κ3) is 3.58. The zero-order chi connectivity index (χ0) is 9.84. The minimum atomic E-state index is 0.193. The summed E-state index contributed by atoms with van der Waals surface area (Å²) in [5, 5.41) is 0.976. The molecule has 1 rings (SSSR count). The Balaban J connectivity index is 2.64. The largest absolute Gasteiger partial charge is 0.122 e. The second-order valence-electron chi connectivity index (χ2n) is 3.59. The van der Waals surface area contributed by atoms with Gasteiger partial charge in [0.2, 0.25) is 0 Å². The van der Waals surface area contributed by atoms with Crippen LogP contribution in [0.3, 0.4) is 0 Å². The smallest absolute Gasteiger partial charge is 0.0408 e. The molecule has 0 heterocycles. The first-order valence-corrected chi connectivity index (χ1v) is 5.29. The molecule has 0 fully saturated rings. The van der Waals surface area contributed by atoms with Crippen LogP contribution in [0.15, 0.2) is 24.3 Å². The topological polar surface area (TPSA) is 0 Å². The standard InChI is InChI=1S/C11H14Cl2/c1-8(2)11(13)7-9-4-3-5-10(12)6-9/h3-6,8,11H,7H2,1-2H3. The second-order valence-corrected chi connectivity index (χ2v) is 4.59. The van der Waals surface area contributed by atoms with Crippen molar-refractivity contribution in [2.45, 2.75) is 25.6 Å². The first-order valence-electron chi connectivity index (χ1n) is 4.48. The Morgan fingerprint density at radius 3 is 2.54 bits per heavy atom. The summed E-state index contributed by atoms with van der Waals surface area (Å²) in [7, 11) is 0. The molecule has 13 heavy (non-hydrogen) atoms. The van der Waals surface area contributed by atoms with Crippen LogP contribution in [0, 0.1) is 5.92 Å². The van der Waals surface area contributed by atoms with E-state index in [0.717, 1.165) is 11.4 Å². The van der Waals surface area contributed by atoms with E-state index in [1.165, 1.54) is 5.56 Å². The highest BCUT2D eigenvalue weighted by Gasteiger charge is 2.10. The molecular formula is C11H14Cl2. The van der Waals surface area contributed by atoms with Crippen molar-refractivity contribution in [2.24, 2.45) is 5.92 Å². The number of benzene rings is 1. The van der Waals surface area contributed by atoms with E-state index in [2.05, 4.69) is 19.9 Å². The second kappa shape index (κ2) is 4.88. The van der Waals surface area contributed by atoms with Crippen LogP contribution >= 0.6 is 23.2 Å². The molecule has 0 bridgehead atoms. The molecular weight excluding hydrogens is 203 g/mol. The molecule has 72 valence electrons. The van der Waals surface area contributed by atoms with E-state index in [4.69, 9.17) is 23.2 Å². The van der Waals surface area contributed by atoms with E-state index >= 15 is 0 Å². The summed E-state index contributed by atoms with van der Waals surface area (Å²) < 4.78 is 0. The zero-order valence-electron chi connectivity index (χ0n) is 7.93. The quantitative estimate of drug-likeness (QED) is 0.667. The Hall–Kier alpha value is -0.200. The van der Waals surface area contributed by atoms with E-state index in [-0.39, 0.29) is 5.38 Å². The average molecular weight is 217 g/mol. The van der Waals surface area contributed by atoms with E-state index in [1.54, 1.807) is 0 Å². The fourth-order valence-corrected chi connectivity index (χ4v) is 1.52. The van der Waals surface area contributed by atoms with Crippen LogP contribution in [0.25, 0.3) is 0 Å². The molecule has 2 heteroatoms. The first kappa shape index (κ1) is 10.9. The van der Waals surface area contributed by atoms with E-state index in [1.807, 2.05) is 18.2 Å². The van der Waals surface area contributed by atoms with Gasteiger partial charge in [0.15, 0.2) is 0 Å². The summed E-state index contributed by atoms with van der Waals surface area (Å²) >= 11 is 12.0. The average Bonchev–Trinajstić information content (AvgIpc) is 2.04. The van der Waals surface area contributed by atoms with Gasteiger partial charge in [-0.2, -0.15) is 0 Å². The van der Waals surface area contributed by atoms with Crippen LogP contribution < -0.4 is 0 Å². The van der Waals surface area contributed by atoms with Gasteiger partial charge in [-0.3, -0.25) is 0 Å². The van der Waals surface area contributed by atoms with Gasteiger partial charge in [-0.25, -0.2) is 0 Å². The van der Waals surface area contributed by atoms with Crippen LogP contribution in [-0.2, 0) is 6.42 Å². The molecule has 0 amide bonds. The Bertz CT molecular complexity index is 269. The fraction of sp³-hybridized carbons (Fsp3) is 0.455. The minimum Gasteiger partial charge on any atom is -0.122 e. The maximum atomic E-state index is 6.16. The van der Waals surface area contributed by atoms with Crippen molar-refractivity contribution in [3.05, 3.63) is 34.9 Å². The third-order valence-corrected chi connectivity index (χ3v) is 2.94. The molecule has 0 aromatic heterocycles. The van der Waals surface area contributed by atoms with Crippen molar-refractivity contribution in [1.29, 1.82) is 0 Å². The number of rotatable bonds is 3. The van der Waals surface area contributed by atoms with E-state index in [9.17, 15) is 0 Å². The van der Waals surface area contributed by atoms with Crippen molar-refractivity contribution in [2.75, 3.05) is 0 Å². The van der Waals surface area contributed by atoms with Gasteiger partial charge in [-0.1, -0.05) is 37.6 Å². The highest BCUT2D eigenvalue weighted by atomic mass is 35.5. The fourth-order valence-electron chi connectivity index (χ4n) is 1.12. The number of alkyl halides is 1. The van der Waals surface area contributed by atoms with Gasteiger partial charge in [-0.05, 0) is 30.0 Å². The molecule has 0 aliphatic carbocycles. The van der Waals surface area contributed by atoms with Crippen molar-refractivity contribution in [3.8, 4) is 0 Å². The van der Waals surface area contributed by atoms with Crippen LogP contribution in [0.2, 0.25) is 5.02 Å². The van der Waals surface area contributed by atoms with Crippen molar-refractivity contribution in [3.63, 3.8) is 0 Å². The van der Waals surface area contributed by atoms with Gasteiger partial charge < -0.3 is 0 Å². The van der Waals surface area contributed by atoms with Crippen molar-refractivity contribution in [1.82, 2.24) is 0 Å². The lowest BCUT2D eigenvalue weighted by Crippen LogP contribution is -2.10. The Morgan fingerprint density at radius 2 is 2.00 bits per heavy atom. The maximum Gasteiger partial charge on any atom is 0.0408 e. The summed E-state index contributed by atoms with van der Waals surface area (Å²) in [6, 6.07) is 7.87. The van der Waals surface area contributed by atoms with Crippen LogP contribution in [0.5, 0.6) is 0 Å². The van der Waals surface area contributed by atoms with Gasteiger partial charge in [0.25, 0.3) is 0 Å². The lowest BCUT2D eigenvalue weighted by atomic mass is 10.0. The number of halogens is 2. The Kier molecular flexibility index (Phi) is 4.08. The molecule has 0 saturated carbocycles. The van der Waals surface area contributed by atoms with Crippen LogP contribution in [-0.4, -0.2) is 5.38 Å². The maximum absolute atomic E-state index is 6.16. The lowest BCUT2D eigenvalue weighted by Gasteiger charge is -2.12. The molecule has 1 aromatic rings. The molecule has 1 aromatic carbocycles.